The second kappa shape index (κ2) is 10.4. The molecule has 0 N–H and O–H groups in total. The molecule has 1 aliphatic rings. The van der Waals surface area contributed by atoms with Crippen LogP contribution in [-0.2, 0) is 6.42 Å². The van der Waals surface area contributed by atoms with Crippen LogP contribution in [0.1, 0.15) is 15.9 Å². The topological polar surface area (TPSA) is 62.2 Å². The maximum atomic E-state index is 13.1. The highest BCUT2D eigenvalue weighted by atomic mass is 19.1. The van der Waals surface area contributed by atoms with Gasteiger partial charge in [-0.1, -0.05) is 30.3 Å². The van der Waals surface area contributed by atoms with Crippen molar-refractivity contribution >= 4 is 28.3 Å². The first-order chi connectivity index (χ1) is 18.6. The third kappa shape index (κ3) is 5.09. The Balaban J connectivity index is 1.15. The van der Waals surface area contributed by atoms with Crippen molar-refractivity contribution in [2.45, 2.75) is 6.42 Å². The number of rotatable bonds is 6. The molecule has 1 aliphatic heterocycles. The Hall–Kier alpha value is -4.65. The molecule has 6 nitrogen and oxygen atoms in total. The summed E-state index contributed by atoms with van der Waals surface area (Å²) < 4.78 is 13.1. The summed E-state index contributed by atoms with van der Waals surface area (Å²) in [5, 5.41) is 0. The second-order valence-electron chi connectivity index (χ2n) is 9.41. The van der Waals surface area contributed by atoms with Gasteiger partial charge in [-0.05, 0) is 65.2 Å². The summed E-state index contributed by atoms with van der Waals surface area (Å²) in [6.07, 6.45) is 5.79. The highest BCUT2D eigenvalue weighted by molar-refractivity contribution is 5.97. The molecule has 3 heterocycles. The minimum atomic E-state index is -0.346. The first-order valence-electron chi connectivity index (χ1n) is 12.7. The minimum absolute atomic E-state index is 0.0344. The molecule has 0 aliphatic carbocycles. The highest BCUT2D eigenvalue weighted by Crippen LogP contribution is 2.26. The molecule has 7 heteroatoms. The number of nitrogens with zero attached hydrogens (tertiary/aromatic N) is 5. The van der Waals surface area contributed by atoms with Gasteiger partial charge in [-0.25, -0.2) is 9.37 Å². The van der Waals surface area contributed by atoms with Crippen LogP contribution in [0, 0.1) is 5.82 Å². The summed E-state index contributed by atoms with van der Waals surface area (Å²) in [7, 11) is 0. The Bertz CT molecular complexity index is 1560. The molecule has 3 aromatic carbocycles. The number of halogens is 1. The van der Waals surface area contributed by atoms with Gasteiger partial charge in [0.05, 0.1) is 17.2 Å². The lowest BCUT2D eigenvalue weighted by atomic mass is 9.99. The maximum Gasteiger partial charge on any atom is 0.167 e. The van der Waals surface area contributed by atoms with E-state index in [-0.39, 0.29) is 18.0 Å². The largest absolute Gasteiger partial charge is 0.368 e. The summed E-state index contributed by atoms with van der Waals surface area (Å²) in [6.45, 7) is 3.58. The Kier molecular flexibility index (Phi) is 6.48. The lowest BCUT2D eigenvalue weighted by molar-refractivity contribution is 0.0993. The van der Waals surface area contributed by atoms with Crippen molar-refractivity contribution in [1.29, 1.82) is 0 Å². The normalized spacial score (nSPS) is 13.6. The molecule has 0 amide bonds. The maximum absolute atomic E-state index is 13.1. The van der Waals surface area contributed by atoms with Gasteiger partial charge >= 0.3 is 0 Å². The summed E-state index contributed by atoms with van der Waals surface area (Å²) in [5.74, 6) is 0.508. The predicted octanol–water partition coefficient (Wildman–Crippen LogP) is 5.58. The van der Waals surface area contributed by atoms with Crippen LogP contribution in [0.25, 0.3) is 22.2 Å². The molecule has 2 aromatic heterocycles. The quantitative estimate of drug-likeness (QED) is 0.282. The van der Waals surface area contributed by atoms with Crippen molar-refractivity contribution < 1.29 is 9.18 Å². The van der Waals surface area contributed by atoms with Crippen molar-refractivity contribution in [1.82, 2.24) is 15.0 Å². The molecule has 0 spiro atoms. The Morgan fingerprint density at radius 3 is 2.18 bits per heavy atom. The van der Waals surface area contributed by atoms with E-state index in [0.717, 1.165) is 59.7 Å². The average Bonchev–Trinajstić information content (AvgIpc) is 2.98. The van der Waals surface area contributed by atoms with Crippen molar-refractivity contribution in [2.24, 2.45) is 0 Å². The van der Waals surface area contributed by atoms with Gasteiger partial charge in [-0.3, -0.25) is 14.8 Å². The van der Waals surface area contributed by atoms with Crippen LogP contribution in [0.15, 0.2) is 97.5 Å². The summed E-state index contributed by atoms with van der Waals surface area (Å²) >= 11 is 0. The van der Waals surface area contributed by atoms with Gasteiger partial charge in [0.1, 0.15) is 11.6 Å². The van der Waals surface area contributed by atoms with Gasteiger partial charge in [0.2, 0.25) is 0 Å². The molecule has 38 heavy (non-hydrogen) atoms. The van der Waals surface area contributed by atoms with Gasteiger partial charge in [0.25, 0.3) is 0 Å². The third-order valence-corrected chi connectivity index (χ3v) is 6.98. The number of carbonyl (C=O) groups excluding carboxylic acids is 1. The standard InChI is InChI=1S/C31H26FN5O/c32-26-8-5-24(6-9-26)30(38)19-22-1-3-23(4-2-22)25-7-10-28-29(20-25)35-31(21-34-28)37-17-15-36(16-18-37)27-11-13-33-14-12-27/h1-14,20-21H,15-19H2. The lowest BCUT2D eigenvalue weighted by Crippen LogP contribution is -2.46. The molecule has 1 fully saturated rings. The number of ketones is 1. The molecule has 5 aromatic rings. The smallest absolute Gasteiger partial charge is 0.167 e. The van der Waals surface area contributed by atoms with Crippen molar-refractivity contribution in [3.8, 4) is 11.1 Å². The van der Waals surface area contributed by atoms with Crippen LogP contribution in [0.5, 0.6) is 0 Å². The number of hydrogen-bond donors (Lipinski definition) is 0. The van der Waals surface area contributed by atoms with Crippen LogP contribution in [0.3, 0.4) is 0 Å². The van der Waals surface area contributed by atoms with Gasteiger partial charge in [0.15, 0.2) is 5.78 Å². The molecular weight excluding hydrogens is 477 g/mol. The summed E-state index contributed by atoms with van der Waals surface area (Å²) in [6, 6.07) is 23.8. The first kappa shape index (κ1) is 23.7. The number of piperazine rings is 1. The van der Waals surface area contributed by atoms with E-state index in [4.69, 9.17) is 4.98 Å². The molecule has 0 unspecified atom stereocenters. The van der Waals surface area contributed by atoms with Gasteiger partial charge in [-0.2, -0.15) is 0 Å². The van der Waals surface area contributed by atoms with Crippen LogP contribution < -0.4 is 9.80 Å². The second-order valence-corrected chi connectivity index (χ2v) is 9.41. The van der Waals surface area contributed by atoms with Crippen LogP contribution in [0.4, 0.5) is 15.9 Å². The Morgan fingerprint density at radius 1 is 0.763 bits per heavy atom. The zero-order valence-electron chi connectivity index (χ0n) is 20.8. The van der Waals surface area contributed by atoms with Crippen LogP contribution in [0.2, 0.25) is 0 Å². The van der Waals surface area contributed by atoms with E-state index in [1.165, 1.54) is 30.0 Å². The number of carbonyl (C=O) groups is 1. The van der Waals surface area contributed by atoms with E-state index < -0.39 is 0 Å². The third-order valence-electron chi connectivity index (χ3n) is 6.98. The molecule has 0 bridgehead atoms. The van der Waals surface area contributed by atoms with E-state index in [9.17, 15) is 9.18 Å². The lowest BCUT2D eigenvalue weighted by Gasteiger charge is -2.36. The van der Waals surface area contributed by atoms with Crippen molar-refractivity contribution in [3.05, 3.63) is 114 Å². The van der Waals surface area contributed by atoms with Crippen molar-refractivity contribution in [2.75, 3.05) is 36.0 Å². The Labute approximate surface area is 220 Å². The number of fused-ring (bicyclic) bond motifs is 1. The number of pyridine rings is 1. The molecule has 0 radical (unpaired) electrons. The molecular formula is C31H26FN5O. The fraction of sp³-hybridized carbons (Fsp3) is 0.161. The molecule has 1 saturated heterocycles. The van der Waals surface area contributed by atoms with Gasteiger partial charge in [0, 0.05) is 56.2 Å². The minimum Gasteiger partial charge on any atom is -0.368 e. The van der Waals surface area contributed by atoms with E-state index >= 15 is 0 Å². The van der Waals surface area contributed by atoms with E-state index in [1.807, 2.05) is 67.1 Å². The number of Topliss-reactive ketones (excluding diaryl/α,β-unsaturated/α-hetero) is 1. The molecule has 6 rings (SSSR count). The number of benzene rings is 3. The zero-order valence-corrected chi connectivity index (χ0v) is 20.8. The predicted molar refractivity (Wildman–Crippen MR) is 148 cm³/mol. The molecule has 0 atom stereocenters. The van der Waals surface area contributed by atoms with Crippen LogP contribution >= 0.6 is 0 Å². The zero-order chi connectivity index (χ0) is 25.9. The SMILES string of the molecule is O=C(Cc1ccc(-c2ccc3ncc(N4CCN(c5ccncc5)CC4)nc3c2)cc1)c1ccc(F)cc1. The van der Waals surface area contributed by atoms with E-state index in [2.05, 4.69) is 25.8 Å². The van der Waals surface area contributed by atoms with Crippen molar-refractivity contribution in [3.63, 3.8) is 0 Å². The molecule has 188 valence electrons. The highest BCUT2D eigenvalue weighted by Gasteiger charge is 2.19. The monoisotopic (exact) mass is 503 g/mol. The van der Waals surface area contributed by atoms with Crippen LogP contribution in [-0.4, -0.2) is 46.9 Å². The fourth-order valence-corrected chi connectivity index (χ4v) is 4.82. The first-order valence-corrected chi connectivity index (χ1v) is 12.7. The van der Waals surface area contributed by atoms with E-state index in [1.54, 1.807) is 0 Å². The van der Waals surface area contributed by atoms with E-state index in [0.29, 0.717) is 5.56 Å². The number of hydrogen-bond acceptors (Lipinski definition) is 6. The average molecular weight is 504 g/mol. The molecule has 0 saturated carbocycles. The summed E-state index contributed by atoms with van der Waals surface area (Å²) in [4.78, 5) is 30.9. The number of aromatic nitrogens is 3. The van der Waals surface area contributed by atoms with Gasteiger partial charge < -0.3 is 9.80 Å². The Morgan fingerprint density at radius 2 is 1.45 bits per heavy atom. The fourth-order valence-electron chi connectivity index (χ4n) is 4.82. The van der Waals surface area contributed by atoms with Gasteiger partial charge in [-0.15, -0.1) is 0 Å². The summed E-state index contributed by atoms with van der Waals surface area (Å²) in [5.41, 5.74) is 6.42. The number of anilines is 2.